The van der Waals surface area contributed by atoms with Crippen molar-refractivity contribution in [3.8, 4) is 5.75 Å². The van der Waals surface area contributed by atoms with E-state index in [0.29, 0.717) is 29.1 Å². The zero-order valence-corrected chi connectivity index (χ0v) is 17.4. The number of fused-ring (bicyclic) bond motifs is 2. The fourth-order valence-electron chi connectivity index (χ4n) is 3.70. The highest BCUT2D eigenvalue weighted by Crippen LogP contribution is 2.31. The van der Waals surface area contributed by atoms with Gasteiger partial charge in [0.1, 0.15) is 5.75 Å². The van der Waals surface area contributed by atoms with Crippen LogP contribution in [0.1, 0.15) is 18.9 Å². The monoisotopic (exact) mass is 409 g/mol. The van der Waals surface area contributed by atoms with E-state index < -0.39 is 0 Å². The molecule has 29 heavy (non-hydrogen) atoms. The number of carbonyl (C=O) groups is 1. The van der Waals surface area contributed by atoms with Crippen molar-refractivity contribution in [2.24, 2.45) is 0 Å². The first kappa shape index (κ1) is 19.5. The maximum Gasteiger partial charge on any atom is 0.262 e. The second-order valence-electron chi connectivity index (χ2n) is 6.89. The molecule has 0 saturated heterocycles. The highest BCUT2D eigenvalue weighted by molar-refractivity contribution is 7.99. The topological polar surface area (TPSA) is 64.4 Å². The summed E-state index contributed by atoms with van der Waals surface area (Å²) in [5.74, 6) is 1.06. The van der Waals surface area contributed by atoms with Gasteiger partial charge < -0.3 is 9.64 Å². The number of aromatic nitrogens is 2. The van der Waals surface area contributed by atoms with Crippen molar-refractivity contribution in [1.29, 1.82) is 0 Å². The van der Waals surface area contributed by atoms with Gasteiger partial charge in [-0.05, 0) is 55.7 Å². The van der Waals surface area contributed by atoms with Gasteiger partial charge in [0.05, 0.1) is 23.8 Å². The number of ether oxygens (including phenoxy) is 1. The normalized spacial score (nSPS) is 13.4. The number of anilines is 1. The first-order valence-electron chi connectivity index (χ1n) is 9.72. The number of amides is 1. The summed E-state index contributed by atoms with van der Waals surface area (Å²) in [7, 11) is 1.65. The van der Waals surface area contributed by atoms with Crippen LogP contribution >= 0.6 is 11.8 Å². The second kappa shape index (κ2) is 8.29. The molecule has 0 radical (unpaired) electrons. The Bertz CT molecular complexity index is 1130. The van der Waals surface area contributed by atoms with E-state index in [1.807, 2.05) is 48.2 Å². The quantitative estimate of drug-likeness (QED) is 0.477. The minimum atomic E-state index is -0.0662. The lowest BCUT2D eigenvalue weighted by Gasteiger charge is -2.29. The summed E-state index contributed by atoms with van der Waals surface area (Å²) in [6, 6.07) is 13.2. The van der Waals surface area contributed by atoms with Crippen molar-refractivity contribution in [2.75, 3.05) is 24.3 Å². The molecule has 7 heteroatoms. The Morgan fingerprint density at radius 3 is 2.86 bits per heavy atom. The summed E-state index contributed by atoms with van der Waals surface area (Å²) in [5, 5.41) is 1.18. The van der Waals surface area contributed by atoms with Gasteiger partial charge in [-0.1, -0.05) is 23.9 Å². The van der Waals surface area contributed by atoms with Gasteiger partial charge >= 0.3 is 0 Å². The molecule has 0 unspecified atom stereocenters. The van der Waals surface area contributed by atoms with E-state index in [0.717, 1.165) is 29.8 Å². The molecule has 0 N–H and O–H groups in total. The first-order chi connectivity index (χ1) is 14.1. The predicted octanol–water partition coefficient (Wildman–Crippen LogP) is 3.50. The Morgan fingerprint density at radius 2 is 2.07 bits per heavy atom. The average Bonchev–Trinajstić information content (AvgIpc) is 2.76. The maximum atomic E-state index is 13.0. The molecule has 1 aliphatic heterocycles. The fourth-order valence-corrected chi connectivity index (χ4v) is 4.64. The van der Waals surface area contributed by atoms with Gasteiger partial charge in [0, 0.05) is 18.8 Å². The molecule has 1 amide bonds. The summed E-state index contributed by atoms with van der Waals surface area (Å²) >= 11 is 1.32. The van der Waals surface area contributed by atoms with E-state index in [2.05, 4.69) is 4.98 Å². The smallest absolute Gasteiger partial charge is 0.262 e. The van der Waals surface area contributed by atoms with E-state index in [1.54, 1.807) is 17.7 Å². The molecule has 0 aliphatic carbocycles. The van der Waals surface area contributed by atoms with Crippen LogP contribution in [0.2, 0.25) is 0 Å². The van der Waals surface area contributed by atoms with Crippen molar-refractivity contribution < 1.29 is 9.53 Å². The van der Waals surface area contributed by atoms with Gasteiger partial charge in [-0.3, -0.25) is 14.2 Å². The van der Waals surface area contributed by atoms with Crippen LogP contribution in [0, 0.1) is 0 Å². The van der Waals surface area contributed by atoms with Gasteiger partial charge in [0.15, 0.2) is 5.16 Å². The zero-order chi connectivity index (χ0) is 20.4. The molecule has 0 atom stereocenters. The molecule has 150 valence electrons. The number of carbonyl (C=O) groups excluding carboxylic acids is 1. The molecule has 6 nitrogen and oxygen atoms in total. The molecule has 1 aromatic heterocycles. The lowest BCUT2D eigenvalue weighted by atomic mass is 10.0. The number of para-hydroxylation sites is 1. The largest absolute Gasteiger partial charge is 0.497 e. The number of aryl methyl sites for hydroxylation is 1. The van der Waals surface area contributed by atoms with E-state index >= 15 is 0 Å². The lowest BCUT2D eigenvalue weighted by Crippen LogP contribution is -2.36. The summed E-state index contributed by atoms with van der Waals surface area (Å²) in [4.78, 5) is 32.2. The summed E-state index contributed by atoms with van der Waals surface area (Å²) in [6.07, 6.45) is 1.86. The Balaban J connectivity index is 1.58. The number of hydrogen-bond acceptors (Lipinski definition) is 5. The molecule has 0 fully saturated rings. The highest BCUT2D eigenvalue weighted by Gasteiger charge is 2.23. The van der Waals surface area contributed by atoms with E-state index in [-0.39, 0.29) is 17.2 Å². The van der Waals surface area contributed by atoms with Gasteiger partial charge in [-0.2, -0.15) is 0 Å². The van der Waals surface area contributed by atoms with Gasteiger partial charge in [0.25, 0.3) is 5.56 Å². The minimum Gasteiger partial charge on any atom is -0.497 e. The van der Waals surface area contributed by atoms with Gasteiger partial charge in [0.2, 0.25) is 5.91 Å². The predicted molar refractivity (Wildman–Crippen MR) is 116 cm³/mol. The number of thioether (sulfide) groups is 1. The molecular formula is C22H23N3O3S. The number of hydrogen-bond donors (Lipinski definition) is 0. The Kier molecular flexibility index (Phi) is 5.58. The minimum absolute atomic E-state index is 0.0196. The van der Waals surface area contributed by atoms with Crippen molar-refractivity contribution in [3.05, 3.63) is 58.4 Å². The van der Waals surface area contributed by atoms with Crippen LogP contribution in [0.4, 0.5) is 5.69 Å². The van der Waals surface area contributed by atoms with Crippen LogP contribution in [0.5, 0.6) is 5.75 Å². The first-order valence-corrected chi connectivity index (χ1v) is 10.7. The summed E-state index contributed by atoms with van der Waals surface area (Å²) < 4.78 is 6.94. The number of rotatable bonds is 5. The van der Waals surface area contributed by atoms with Crippen LogP contribution in [-0.4, -0.2) is 34.9 Å². The molecule has 0 saturated carbocycles. The van der Waals surface area contributed by atoms with Crippen LogP contribution in [0.25, 0.3) is 10.9 Å². The molecule has 4 rings (SSSR count). The maximum absolute atomic E-state index is 13.0. The molecule has 2 aromatic carbocycles. The van der Waals surface area contributed by atoms with E-state index in [4.69, 9.17) is 4.74 Å². The zero-order valence-electron chi connectivity index (χ0n) is 16.6. The van der Waals surface area contributed by atoms with Crippen LogP contribution in [0.15, 0.2) is 52.4 Å². The van der Waals surface area contributed by atoms with E-state index in [1.165, 1.54) is 11.8 Å². The van der Waals surface area contributed by atoms with Crippen molar-refractivity contribution in [1.82, 2.24) is 9.55 Å². The number of benzene rings is 2. The average molecular weight is 410 g/mol. The lowest BCUT2D eigenvalue weighted by molar-refractivity contribution is -0.116. The van der Waals surface area contributed by atoms with Gasteiger partial charge in [-0.15, -0.1) is 0 Å². The molecule has 1 aliphatic rings. The number of methoxy groups -OCH3 is 1. The molecule has 0 spiro atoms. The third kappa shape index (κ3) is 3.74. The SMILES string of the molecule is CCn1c(SCC(=O)N2CCCc3cc(OC)ccc32)nc2ccccc2c1=O. The molecule has 2 heterocycles. The third-order valence-electron chi connectivity index (χ3n) is 5.17. The third-order valence-corrected chi connectivity index (χ3v) is 6.14. The van der Waals surface area contributed by atoms with E-state index in [9.17, 15) is 9.59 Å². The number of nitrogens with zero attached hydrogens (tertiary/aromatic N) is 3. The molecular weight excluding hydrogens is 386 g/mol. The fraction of sp³-hybridized carbons (Fsp3) is 0.318. The summed E-state index contributed by atoms with van der Waals surface area (Å²) in [6.45, 7) is 3.13. The summed E-state index contributed by atoms with van der Waals surface area (Å²) in [5.41, 5.74) is 2.67. The molecule has 0 bridgehead atoms. The van der Waals surface area contributed by atoms with Gasteiger partial charge in [-0.25, -0.2) is 4.98 Å². The second-order valence-corrected chi connectivity index (χ2v) is 7.84. The Labute approximate surface area is 173 Å². The van der Waals surface area contributed by atoms with Crippen LogP contribution in [0.3, 0.4) is 0 Å². The van der Waals surface area contributed by atoms with Crippen molar-refractivity contribution >= 4 is 34.3 Å². The van der Waals surface area contributed by atoms with Crippen molar-refractivity contribution in [2.45, 2.75) is 31.5 Å². The standard InChI is InChI=1S/C22H23N3O3S/c1-3-24-21(27)17-8-4-5-9-18(17)23-22(24)29-14-20(26)25-12-6-7-15-13-16(28-2)10-11-19(15)25/h4-5,8-11,13H,3,6-7,12,14H2,1-2H3. The Morgan fingerprint density at radius 1 is 1.24 bits per heavy atom. The highest BCUT2D eigenvalue weighted by atomic mass is 32.2. The van der Waals surface area contributed by atoms with Crippen LogP contribution in [-0.2, 0) is 17.8 Å². The van der Waals surface area contributed by atoms with Crippen molar-refractivity contribution in [3.63, 3.8) is 0 Å². The Hall–Kier alpha value is -2.80. The van der Waals surface area contributed by atoms with Crippen LogP contribution < -0.4 is 15.2 Å². The molecule has 3 aromatic rings.